The molecule has 0 saturated carbocycles. The molecule has 2 rings (SSSR count). The smallest absolute Gasteiger partial charge is 0.0662 e. The average Bonchev–Trinajstić information content (AvgIpc) is 2.29. The first-order valence-electron chi connectivity index (χ1n) is 5.78. The maximum absolute atomic E-state index is 6.14. The molecule has 1 aromatic rings. The Kier molecular flexibility index (Phi) is 3.85. The Morgan fingerprint density at radius 1 is 1.38 bits per heavy atom. The van der Waals surface area contributed by atoms with Crippen LogP contribution in [0.15, 0.2) is 18.2 Å². The number of hydrogen-bond acceptors (Lipinski definition) is 2. The minimum atomic E-state index is 0.282. The van der Waals surface area contributed by atoms with Crippen LogP contribution in [0.25, 0.3) is 0 Å². The van der Waals surface area contributed by atoms with Crippen molar-refractivity contribution >= 4 is 11.6 Å². The quantitative estimate of drug-likeness (QED) is 0.856. The van der Waals surface area contributed by atoms with Gasteiger partial charge in [-0.1, -0.05) is 31.5 Å². The zero-order chi connectivity index (χ0) is 11.5. The molecule has 0 radical (unpaired) electrons. The maximum Gasteiger partial charge on any atom is 0.0662 e. The minimum absolute atomic E-state index is 0.282. The molecule has 2 nitrogen and oxygen atoms in total. The van der Waals surface area contributed by atoms with Crippen molar-refractivity contribution in [3.8, 4) is 0 Å². The molecule has 1 aliphatic rings. The minimum Gasteiger partial charge on any atom is -0.378 e. The van der Waals surface area contributed by atoms with Crippen LogP contribution < -0.4 is 5.32 Å². The molecule has 1 N–H and O–H groups in total. The van der Waals surface area contributed by atoms with E-state index in [1.807, 2.05) is 12.1 Å². The van der Waals surface area contributed by atoms with E-state index in [9.17, 15) is 0 Å². The third-order valence-electron chi connectivity index (χ3n) is 2.93. The van der Waals surface area contributed by atoms with Gasteiger partial charge in [0.25, 0.3) is 0 Å². The van der Waals surface area contributed by atoms with Gasteiger partial charge in [-0.05, 0) is 29.2 Å². The van der Waals surface area contributed by atoms with Gasteiger partial charge in [-0.2, -0.15) is 0 Å². The normalized spacial score (nSPS) is 21.4. The van der Waals surface area contributed by atoms with E-state index in [1.165, 1.54) is 11.1 Å². The molecule has 1 aliphatic heterocycles. The average molecular weight is 240 g/mol. The monoisotopic (exact) mass is 239 g/mol. The van der Waals surface area contributed by atoms with E-state index in [1.54, 1.807) is 0 Å². The lowest BCUT2D eigenvalue weighted by atomic mass is 9.97. The molecule has 88 valence electrons. The number of morpholine rings is 1. The molecule has 0 spiro atoms. The summed E-state index contributed by atoms with van der Waals surface area (Å²) in [4.78, 5) is 0. The molecule has 1 heterocycles. The third-order valence-corrected chi connectivity index (χ3v) is 3.15. The molecule has 1 unspecified atom stereocenters. The van der Waals surface area contributed by atoms with Crippen LogP contribution in [0.5, 0.6) is 0 Å². The van der Waals surface area contributed by atoms with E-state index in [2.05, 4.69) is 25.2 Å². The summed E-state index contributed by atoms with van der Waals surface area (Å²) in [6.45, 7) is 6.81. The van der Waals surface area contributed by atoms with Gasteiger partial charge in [-0.25, -0.2) is 0 Å². The molecule has 0 aromatic heterocycles. The number of rotatable bonds is 2. The molecule has 0 bridgehead atoms. The Bertz CT molecular complexity index is 359. The van der Waals surface area contributed by atoms with Crippen molar-refractivity contribution in [1.29, 1.82) is 0 Å². The summed E-state index contributed by atoms with van der Waals surface area (Å²) in [6.07, 6.45) is 0. The van der Waals surface area contributed by atoms with Crippen molar-refractivity contribution in [3.05, 3.63) is 34.3 Å². The largest absolute Gasteiger partial charge is 0.378 e. The fourth-order valence-corrected chi connectivity index (χ4v) is 2.20. The zero-order valence-electron chi connectivity index (χ0n) is 9.79. The SMILES string of the molecule is CC(C)c1cc(Cl)cc(C2COCCN2)c1. The van der Waals surface area contributed by atoms with Gasteiger partial charge in [0.15, 0.2) is 0 Å². The van der Waals surface area contributed by atoms with Crippen LogP contribution in [0.3, 0.4) is 0 Å². The molecule has 1 saturated heterocycles. The first kappa shape index (κ1) is 11.9. The second kappa shape index (κ2) is 5.17. The predicted molar refractivity (Wildman–Crippen MR) is 67.1 cm³/mol. The van der Waals surface area contributed by atoms with Crippen molar-refractivity contribution in [1.82, 2.24) is 5.32 Å². The molecular weight excluding hydrogens is 222 g/mol. The fraction of sp³-hybridized carbons (Fsp3) is 0.538. The Morgan fingerprint density at radius 3 is 2.81 bits per heavy atom. The van der Waals surface area contributed by atoms with E-state index in [0.29, 0.717) is 5.92 Å². The van der Waals surface area contributed by atoms with Gasteiger partial charge in [0.2, 0.25) is 0 Å². The number of hydrogen-bond donors (Lipinski definition) is 1. The first-order valence-corrected chi connectivity index (χ1v) is 6.16. The standard InChI is InChI=1S/C13H18ClNO/c1-9(2)10-5-11(7-12(14)6-10)13-8-16-4-3-15-13/h5-7,9,13,15H,3-4,8H2,1-2H3. The molecule has 1 fully saturated rings. The van der Waals surface area contributed by atoms with E-state index in [4.69, 9.17) is 16.3 Å². The van der Waals surface area contributed by atoms with Crippen molar-refractivity contribution in [2.45, 2.75) is 25.8 Å². The molecule has 3 heteroatoms. The summed E-state index contributed by atoms with van der Waals surface area (Å²) in [5.74, 6) is 0.502. The molecule has 1 aromatic carbocycles. The van der Waals surface area contributed by atoms with Gasteiger partial charge < -0.3 is 10.1 Å². The lowest BCUT2D eigenvalue weighted by Gasteiger charge is -2.25. The summed E-state index contributed by atoms with van der Waals surface area (Å²) >= 11 is 6.14. The van der Waals surface area contributed by atoms with Gasteiger partial charge in [0.05, 0.1) is 19.3 Å². The van der Waals surface area contributed by atoms with E-state index in [0.717, 1.165) is 24.8 Å². The molecular formula is C13H18ClNO. The van der Waals surface area contributed by atoms with Gasteiger partial charge in [0.1, 0.15) is 0 Å². The van der Waals surface area contributed by atoms with E-state index >= 15 is 0 Å². The highest BCUT2D eigenvalue weighted by molar-refractivity contribution is 6.30. The first-order chi connectivity index (χ1) is 7.66. The van der Waals surface area contributed by atoms with Crippen LogP contribution in [0.4, 0.5) is 0 Å². The summed E-state index contributed by atoms with van der Waals surface area (Å²) in [5, 5.41) is 4.26. The van der Waals surface area contributed by atoms with Crippen LogP contribution >= 0.6 is 11.6 Å². The summed E-state index contributed by atoms with van der Waals surface area (Å²) in [7, 11) is 0. The Balaban J connectivity index is 2.25. The van der Waals surface area contributed by atoms with Crippen molar-refractivity contribution in [3.63, 3.8) is 0 Å². The number of nitrogens with one attached hydrogen (secondary N) is 1. The molecule has 16 heavy (non-hydrogen) atoms. The van der Waals surface area contributed by atoms with Crippen LogP contribution in [-0.4, -0.2) is 19.8 Å². The number of benzene rings is 1. The highest BCUT2D eigenvalue weighted by Crippen LogP contribution is 2.25. The van der Waals surface area contributed by atoms with Crippen molar-refractivity contribution in [2.75, 3.05) is 19.8 Å². The number of ether oxygens (including phenoxy) is 1. The van der Waals surface area contributed by atoms with Gasteiger partial charge in [-0.3, -0.25) is 0 Å². The molecule has 0 aliphatic carbocycles. The van der Waals surface area contributed by atoms with Crippen molar-refractivity contribution in [2.24, 2.45) is 0 Å². The highest BCUT2D eigenvalue weighted by atomic mass is 35.5. The van der Waals surface area contributed by atoms with Crippen LogP contribution in [0.2, 0.25) is 5.02 Å². The lowest BCUT2D eigenvalue weighted by Crippen LogP contribution is -2.34. The lowest BCUT2D eigenvalue weighted by molar-refractivity contribution is 0.0768. The second-order valence-electron chi connectivity index (χ2n) is 4.55. The fourth-order valence-electron chi connectivity index (χ4n) is 1.95. The predicted octanol–water partition coefficient (Wildman–Crippen LogP) is 3.12. The number of halogens is 1. The zero-order valence-corrected chi connectivity index (χ0v) is 10.6. The summed E-state index contributed by atoms with van der Waals surface area (Å²) in [5.41, 5.74) is 2.52. The Hall–Kier alpha value is -0.570. The van der Waals surface area contributed by atoms with Gasteiger partial charge in [-0.15, -0.1) is 0 Å². The Labute approximate surface area is 102 Å². The van der Waals surface area contributed by atoms with Gasteiger partial charge >= 0.3 is 0 Å². The second-order valence-corrected chi connectivity index (χ2v) is 4.99. The van der Waals surface area contributed by atoms with Gasteiger partial charge in [0, 0.05) is 11.6 Å². The Morgan fingerprint density at radius 2 is 2.19 bits per heavy atom. The van der Waals surface area contributed by atoms with E-state index in [-0.39, 0.29) is 6.04 Å². The molecule has 1 atom stereocenters. The maximum atomic E-state index is 6.14. The van der Waals surface area contributed by atoms with Crippen LogP contribution in [-0.2, 0) is 4.74 Å². The van der Waals surface area contributed by atoms with E-state index < -0.39 is 0 Å². The summed E-state index contributed by atoms with van der Waals surface area (Å²) in [6, 6.07) is 6.58. The van der Waals surface area contributed by atoms with Crippen LogP contribution in [0, 0.1) is 0 Å². The van der Waals surface area contributed by atoms with Crippen molar-refractivity contribution < 1.29 is 4.74 Å². The third kappa shape index (κ3) is 2.76. The summed E-state index contributed by atoms with van der Waals surface area (Å²) < 4.78 is 5.47. The molecule has 0 amide bonds. The topological polar surface area (TPSA) is 21.3 Å². The highest BCUT2D eigenvalue weighted by Gasteiger charge is 2.16. The van der Waals surface area contributed by atoms with Crippen LogP contribution in [0.1, 0.15) is 36.9 Å².